The SMILES string of the molecule is CCCCOC[C@H]1OC(F)[C@]2(CF)OC(C)(C)OC12. The van der Waals surface area contributed by atoms with Crippen LogP contribution in [-0.4, -0.2) is 49.8 Å². The number of fused-ring (bicyclic) bond motifs is 1. The number of alkyl halides is 2. The molecule has 0 aromatic heterocycles. The Balaban J connectivity index is 2.00. The molecule has 0 N–H and O–H groups in total. The van der Waals surface area contributed by atoms with E-state index in [2.05, 4.69) is 6.92 Å². The first-order valence-electron chi connectivity index (χ1n) is 6.76. The van der Waals surface area contributed by atoms with Crippen LogP contribution in [0.2, 0.25) is 0 Å². The van der Waals surface area contributed by atoms with Crippen molar-refractivity contribution in [1.29, 1.82) is 0 Å². The normalized spacial score (nSPS) is 40.6. The Labute approximate surface area is 112 Å². The van der Waals surface area contributed by atoms with Crippen LogP contribution in [0.15, 0.2) is 0 Å². The second kappa shape index (κ2) is 5.60. The second-order valence-electron chi connectivity index (χ2n) is 5.55. The smallest absolute Gasteiger partial charge is 0.234 e. The number of unbranched alkanes of at least 4 members (excludes halogenated alkanes) is 1. The van der Waals surface area contributed by atoms with E-state index in [1.54, 1.807) is 13.8 Å². The standard InChI is InChI=1S/C13H22F2O4/c1-4-5-6-16-7-9-10-13(8-14,11(15)17-9)19-12(2,3)18-10/h9-11H,4-8H2,1-3H3/t9-,10?,11?,13-/m1/s1. The van der Waals surface area contributed by atoms with Gasteiger partial charge in [-0.25, -0.2) is 8.78 Å². The van der Waals surface area contributed by atoms with Gasteiger partial charge >= 0.3 is 0 Å². The topological polar surface area (TPSA) is 36.9 Å². The molecule has 6 heteroatoms. The van der Waals surface area contributed by atoms with E-state index in [1.165, 1.54) is 0 Å². The zero-order chi connectivity index (χ0) is 14.1. The fraction of sp³-hybridized carbons (Fsp3) is 1.00. The molecule has 0 aromatic rings. The summed E-state index contributed by atoms with van der Waals surface area (Å²) in [5, 5.41) is 0. The third kappa shape index (κ3) is 2.77. The molecule has 2 aliphatic heterocycles. The minimum atomic E-state index is -1.83. The van der Waals surface area contributed by atoms with Crippen LogP contribution in [0.5, 0.6) is 0 Å². The van der Waals surface area contributed by atoms with Gasteiger partial charge in [-0.15, -0.1) is 0 Å². The lowest BCUT2D eigenvalue weighted by Crippen LogP contribution is -2.47. The number of halogens is 2. The van der Waals surface area contributed by atoms with Crippen molar-refractivity contribution in [3.05, 3.63) is 0 Å². The van der Waals surface area contributed by atoms with Crippen LogP contribution in [0.1, 0.15) is 33.6 Å². The van der Waals surface area contributed by atoms with Gasteiger partial charge in [0, 0.05) is 6.61 Å². The quantitative estimate of drug-likeness (QED) is 0.700. The predicted molar refractivity (Wildman–Crippen MR) is 64.2 cm³/mol. The summed E-state index contributed by atoms with van der Waals surface area (Å²) >= 11 is 0. The van der Waals surface area contributed by atoms with Crippen LogP contribution >= 0.6 is 0 Å². The van der Waals surface area contributed by atoms with E-state index in [0.717, 1.165) is 12.8 Å². The van der Waals surface area contributed by atoms with Crippen LogP contribution < -0.4 is 0 Å². The van der Waals surface area contributed by atoms with E-state index in [-0.39, 0.29) is 6.61 Å². The van der Waals surface area contributed by atoms with E-state index in [1.807, 2.05) is 0 Å². The summed E-state index contributed by atoms with van der Waals surface area (Å²) in [7, 11) is 0. The summed E-state index contributed by atoms with van der Waals surface area (Å²) in [6.45, 7) is 5.12. The minimum Gasteiger partial charge on any atom is -0.379 e. The second-order valence-corrected chi connectivity index (χ2v) is 5.55. The Morgan fingerprint density at radius 3 is 2.68 bits per heavy atom. The van der Waals surface area contributed by atoms with E-state index < -0.39 is 36.6 Å². The molecule has 2 heterocycles. The third-order valence-corrected chi connectivity index (χ3v) is 3.48. The van der Waals surface area contributed by atoms with Crippen molar-refractivity contribution in [1.82, 2.24) is 0 Å². The minimum absolute atomic E-state index is 0.187. The molecule has 112 valence electrons. The number of hydrogen-bond acceptors (Lipinski definition) is 4. The molecule has 2 saturated heterocycles. The van der Waals surface area contributed by atoms with Crippen molar-refractivity contribution in [2.75, 3.05) is 19.9 Å². The van der Waals surface area contributed by atoms with Crippen molar-refractivity contribution in [3.63, 3.8) is 0 Å². The molecule has 0 radical (unpaired) electrons. The van der Waals surface area contributed by atoms with Crippen LogP contribution in [-0.2, 0) is 18.9 Å². The highest BCUT2D eigenvalue weighted by molar-refractivity contribution is 5.07. The van der Waals surface area contributed by atoms with Crippen molar-refractivity contribution in [2.24, 2.45) is 0 Å². The fourth-order valence-corrected chi connectivity index (χ4v) is 2.59. The molecule has 0 saturated carbocycles. The number of rotatable bonds is 6. The highest BCUT2D eigenvalue weighted by atomic mass is 19.2. The summed E-state index contributed by atoms with van der Waals surface area (Å²) in [5.41, 5.74) is -1.65. The molecule has 4 atom stereocenters. The van der Waals surface area contributed by atoms with Gasteiger partial charge in [-0.1, -0.05) is 13.3 Å². The number of hydrogen-bond donors (Lipinski definition) is 0. The van der Waals surface area contributed by atoms with Crippen LogP contribution in [0.25, 0.3) is 0 Å². The molecule has 0 amide bonds. The molecular weight excluding hydrogens is 258 g/mol. The van der Waals surface area contributed by atoms with Gasteiger partial charge in [0.05, 0.1) is 6.61 Å². The number of ether oxygens (including phenoxy) is 4. The van der Waals surface area contributed by atoms with Gasteiger partial charge in [0.1, 0.15) is 18.9 Å². The Morgan fingerprint density at radius 2 is 2.05 bits per heavy atom. The van der Waals surface area contributed by atoms with E-state index >= 15 is 0 Å². The Hall–Kier alpha value is -0.300. The Kier molecular flexibility index (Phi) is 4.45. The van der Waals surface area contributed by atoms with Gasteiger partial charge in [-0.05, 0) is 20.3 Å². The first-order chi connectivity index (χ1) is 8.95. The monoisotopic (exact) mass is 280 g/mol. The predicted octanol–water partition coefficient (Wildman–Crippen LogP) is 2.36. The summed E-state index contributed by atoms with van der Waals surface area (Å²) in [5.74, 6) is -1.01. The van der Waals surface area contributed by atoms with E-state index in [4.69, 9.17) is 18.9 Å². The maximum absolute atomic E-state index is 14.0. The Bertz CT molecular complexity index is 313. The largest absolute Gasteiger partial charge is 0.379 e. The third-order valence-electron chi connectivity index (χ3n) is 3.48. The molecule has 4 nitrogen and oxygen atoms in total. The lowest BCUT2D eigenvalue weighted by atomic mass is 9.98. The van der Waals surface area contributed by atoms with E-state index in [0.29, 0.717) is 6.61 Å². The van der Waals surface area contributed by atoms with Crippen LogP contribution in [0, 0.1) is 0 Å². The fourth-order valence-electron chi connectivity index (χ4n) is 2.59. The van der Waals surface area contributed by atoms with Crippen LogP contribution in [0.4, 0.5) is 8.78 Å². The molecular formula is C13H22F2O4. The highest BCUT2D eigenvalue weighted by Crippen LogP contribution is 2.47. The van der Waals surface area contributed by atoms with Gasteiger partial charge < -0.3 is 18.9 Å². The van der Waals surface area contributed by atoms with Gasteiger partial charge in [-0.3, -0.25) is 0 Å². The summed E-state index contributed by atoms with van der Waals surface area (Å²) in [6, 6.07) is 0. The molecule has 0 aromatic carbocycles. The van der Waals surface area contributed by atoms with Gasteiger partial charge in [0.25, 0.3) is 0 Å². The van der Waals surface area contributed by atoms with Crippen molar-refractivity contribution in [2.45, 2.75) is 63.6 Å². The zero-order valence-corrected chi connectivity index (χ0v) is 11.7. The molecule has 2 fully saturated rings. The average molecular weight is 280 g/mol. The molecule has 0 bridgehead atoms. The summed E-state index contributed by atoms with van der Waals surface area (Å²) in [6.07, 6.45) is -1.30. The maximum Gasteiger partial charge on any atom is 0.234 e. The first-order valence-corrected chi connectivity index (χ1v) is 6.76. The molecule has 0 spiro atoms. The van der Waals surface area contributed by atoms with Crippen molar-refractivity contribution >= 4 is 0 Å². The molecule has 2 unspecified atom stereocenters. The zero-order valence-electron chi connectivity index (χ0n) is 11.7. The lowest BCUT2D eigenvalue weighted by Gasteiger charge is -2.25. The van der Waals surface area contributed by atoms with Gasteiger partial charge in [-0.2, -0.15) is 0 Å². The molecule has 2 aliphatic rings. The van der Waals surface area contributed by atoms with Crippen molar-refractivity contribution in [3.8, 4) is 0 Å². The molecule has 2 rings (SSSR count). The molecule has 19 heavy (non-hydrogen) atoms. The van der Waals surface area contributed by atoms with Crippen LogP contribution in [0.3, 0.4) is 0 Å². The summed E-state index contributed by atoms with van der Waals surface area (Å²) in [4.78, 5) is 0. The van der Waals surface area contributed by atoms with Crippen molar-refractivity contribution < 1.29 is 27.7 Å². The van der Waals surface area contributed by atoms with E-state index in [9.17, 15) is 8.78 Å². The van der Waals surface area contributed by atoms with Gasteiger partial charge in [0.2, 0.25) is 6.36 Å². The average Bonchev–Trinajstić information content (AvgIpc) is 2.77. The Morgan fingerprint density at radius 1 is 1.32 bits per heavy atom. The lowest BCUT2D eigenvalue weighted by molar-refractivity contribution is -0.233. The van der Waals surface area contributed by atoms with Gasteiger partial charge in [0.15, 0.2) is 11.4 Å². The summed E-state index contributed by atoms with van der Waals surface area (Å²) < 4.78 is 48.8. The highest BCUT2D eigenvalue weighted by Gasteiger charge is 2.67. The maximum atomic E-state index is 14.0. The molecule has 0 aliphatic carbocycles. The first kappa shape index (κ1) is 15.1.